The maximum atomic E-state index is 13.1. The summed E-state index contributed by atoms with van der Waals surface area (Å²) in [6, 6.07) is 5.64. The highest BCUT2D eigenvalue weighted by Crippen LogP contribution is 2.38. The molecule has 3 rings (SSSR count). The largest absolute Gasteiger partial charge is 0.333 e. The minimum atomic E-state index is -3.47. The first-order chi connectivity index (χ1) is 10.5. The van der Waals surface area contributed by atoms with Gasteiger partial charge in [-0.05, 0) is 30.5 Å². The van der Waals surface area contributed by atoms with E-state index >= 15 is 0 Å². The van der Waals surface area contributed by atoms with Crippen LogP contribution < -0.4 is 4.72 Å². The highest BCUT2D eigenvalue weighted by atomic mass is 32.2. The molecule has 1 aromatic carbocycles. The van der Waals surface area contributed by atoms with Crippen LogP contribution in [0.4, 0.5) is 4.39 Å². The first kappa shape index (κ1) is 15.2. The second-order valence-corrected chi connectivity index (χ2v) is 7.34. The number of hydrogen-bond donors (Lipinski definition) is 1. The Morgan fingerprint density at radius 1 is 1.36 bits per heavy atom. The zero-order chi connectivity index (χ0) is 15.6. The molecule has 1 N–H and O–H groups in total. The molecule has 1 saturated carbocycles. The first-order valence-electron chi connectivity index (χ1n) is 7.26. The van der Waals surface area contributed by atoms with Gasteiger partial charge in [-0.1, -0.05) is 12.1 Å². The van der Waals surface area contributed by atoms with Gasteiger partial charge in [0.2, 0.25) is 10.0 Å². The predicted molar refractivity (Wildman–Crippen MR) is 81.2 cm³/mol. The van der Waals surface area contributed by atoms with Crippen LogP contribution >= 0.6 is 0 Å². The van der Waals surface area contributed by atoms with E-state index in [2.05, 4.69) is 9.71 Å². The third-order valence-corrected chi connectivity index (χ3v) is 4.97. The topological polar surface area (TPSA) is 64.0 Å². The van der Waals surface area contributed by atoms with Crippen molar-refractivity contribution in [2.75, 3.05) is 6.54 Å². The SMILES string of the molecule is O=S(=O)(Cc1cccc(F)c1)NCCn1ccnc1C1CC1. The van der Waals surface area contributed by atoms with Gasteiger partial charge in [0.25, 0.3) is 0 Å². The van der Waals surface area contributed by atoms with Crippen LogP contribution in [0, 0.1) is 5.82 Å². The van der Waals surface area contributed by atoms with Crippen molar-refractivity contribution in [2.24, 2.45) is 0 Å². The molecule has 1 aliphatic carbocycles. The van der Waals surface area contributed by atoms with Crippen LogP contribution in [0.5, 0.6) is 0 Å². The fourth-order valence-corrected chi connectivity index (χ4v) is 3.55. The number of hydrogen-bond acceptors (Lipinski definition) is 3. The third-order valence-electron chi connectivity index (χ3n) is 3.61. The molecule has 1 fully saturated rings. The van der Waals surface area contributed by atoms with Gasteiger partial charge in [-0.2, -0.15) is 0 Å². The summed E-state index contributed by atoms with van der Waals surface area (Å²) < 4.78 is 41.6. The molecule has 0 spiro atoms. The van der Waals surface area contributed by atoms with Crippen LogP contribution in [0.2, 0.25) is 0 Å². The molecule has 5 nitrogen and oxygen atoms in total. The van der Waals surface area contributed by atoms with Crippen LogP contribution in [0.25, 0.3) is 0 Å². The van der Waals surface area contributed by atoms with Gasteiger partial charge in [-0.25, -0.2) is 22.5 Å². The Morgan fingerprint density at radius 2 is 2.18 bits per heavy atom. The van der Waals surface area contributed by atoms with Crippen molar-refractivity contribution >= 4 is 10.0 Å². The fourth-order valence-electron chi connectivity index (χ4n) is 2.43. The second kappa shape index (κ2) is 6.18. The molecule has 1 aromatic heterocycles. The van der Waals surface area contributed by atoms with E-state index in [4.69, 9.17) is 0 Å². The summed E-state index contributed by atoms with van der Waals surface area (Å²) in [5, 5.41) is 0. The van der Waals surface area contributed by atoms with E-state index in [0.29, 0.717) is 24.6 Å². The molecule has 0 unspecified atom stereocenters. The number of benzene rings is 1. The summed E-state index contributed by atoms with van der Waals surface area (Å²) in [6.45, 7) is 0.849. The van der Waals surface area contributed by atoms with Gasteiger partial charge >= 0.3 is 0 Å². The first-order valence-corrected chi connectivity index (χ1v) is 8.91. The molecular weight excluding hydrogens is 305 g/mol. The standard InChI is InChI=1S/C15H18FN3O2S/c16-14-3-1-2-12(10-14)11-22(20,21)18-7-9-19-8-6-17-15(19)13-4-5-13/h1-3,6,8,10,13,18H,4-5,7,9,11H2. The average Bonchev–Trinajstić information content (AvgIpc) is 3.18. The number of aromatic nitrogens is 2. The van der Waals surface area contributed by atoms with Gasteiger partial charge in [0.1, 0.15) is 11.6 Å². The number of sulfonamides is 1. The smallest absolute Gasteiger partial charge is 0.215 e. The molecule has 118 valence electrons. The minimum Gasteiger partial charge on any atom is -0.333 e. The Bertz CT molecular complexity index is 754. The van der Waals surface area contributed by atoms with Crippen molar-refractivity contribution in [3.8, 4) is 0 Å². The van der Waals surface area contributed by atoms with Gasteiger partial charge in [0, 0.05) is 31.4 Å². The van der Waals surface area contributed by atoms with Crippen molar-refractivity contribution in [2.45, 2.75) is 31.1 Å². The van der Waals surface area contributed by atoms with Crippen LogP contribution in [-0.2, 0) is 22.3 Å². The molecule has 0 saturated heterocycles. The lowest BCUT2D eigenvalue weighted by Gasteiger charge is -2.09. The van der Waals surface area contributed by atoms with Crippen molar-refractivity contribution < 1.29 is 12.8 Å². The lowest BCUT2D eigenvalue weighted by molar-refractivity contribution is 0.568. The van der Waals surface area contributed by atoms with E-state index in [1.807, 2.05) is 10.8 Å². The van der Waals surface area contributed by atoms with E-state index in [1.165, 1.54) is 18.2 Å². The van der Waals surface area contributed by atoms with Crippen LogP contribution in [-0.4, -0.2) is 24.5 Å². The molecular formula is C15H18FN3O2S. The molecule has 7 heteroatoms. The minimum absolute atomic E-state index is 0.218. The maximum Gasteiger partial charge on any atom is 0.215 e. The van der Waals surface area contributed by atoms with Gasteiger partial charge in [0.05, 0.1) is 5.75 Å². The maximum absolute atomic E-state index is 13.1. The quantitative estimate of drug-likeness (QED) is 0.848. The molecule has 1 aliphatic rings. The number of rotatable bonds is 7. The van der Waals surface area contributed by atoms with Gasteiger partial charge in [-0.15, -0.1) is 0 Å². The summed E-state index contributed by atoms with van der Waals surface area (Å²) in [4.78, 5) is 4.31. The van der Waals surface area contributed by atoms with Gasteiger partial charge in [0.15, 0.2) is 0 Å². The summed E-state index contributed by atoms with van der Waals surface area (Å²) in [7, 11) is -3.47. The zero-order valence-corrected chi connectivity index (χ0v) is 12.9. The zero-order valence-electron chi connectivity index (χ0n) is 12.1. The monoisotopic (exact) mass is 323 g/mol. The number of halogens is 1. The number of nitrogens with zero attached hydrogens (tertiary/aromatic N) is 2. The lowest BCUT2D eigenvalue weighted by atomic mass is 10.2. The Hall–Kier alpha value is -1.73. The van der Waals surface area contributed by atoms with Crippen molar-refractivity contribution in [1.29, 1.82) is 0 Å². The Morgan fingerprint density at radius 3 is 2.91 bits per heavy atom. The predicted octanol–water partition coefficient (Wildman–Crippen LogP) is 2.02. The van der Waals surface area contributed by atoms with E-state index < -0.39 is 15.8 Å². The van der Waals surface area contributed by atoms with Crippen LogP contribution in [0.15, 0.2) is 36.7 Å². The Labute approximate surface area is 129 Å². The summed E-state index contributed by atoms with van der Waals surface area (Å²) in [5.74, 6) is 0.910. The Balaban J connectivity index is 1.54. The number of imidazole rings is 1. The van der Waals surface area contributed by atoms with E-state index in [0.717, 1.165) is 18.7 Å². The Kier molecular flexibility index (Phi) is 4.26. The molecule has 2 aromatic rings. The molecule has 0 aliphatic heterocycles. The lowest BCUT2D eigenvalue weighted by Crippen LogP contribution is -2.28. The van der Waals surface area contributed by atoms with Gasteiger partial charge in [-0.3, -0.25) is 0 Å². The highest BCUT2D eigenvalue weighted by molar-refractivity contribution is 7.88. The normalized spacial score (nSPS) is 15.1. The summed E-state index contributed by atoms with van der Waals surface area (Å²) in [6.07, 6.45) is 5.92. The molecule has 0 radical (unpaired) electrons. The average molecular weight is 323 g/mol. The van der Waals surface area contributed by atoms with E-state index in [1.54, 1.807) is 12.3 Å². The summed E-state index contributed by atoms with van der Waals surface area (Å²) >= 11 is 0. The second-order valence-electron chi connectivity index (χ2n) is 5.54. The van der Waals surface area contributed by atoms with Gasteiger partial charge < -0.3 is 4.57 Å². The molecule has 0 amide bonds. The number of nitrogens with one attached hydrogen (secondary N) is 1. The molecule has 0 bridgehead atoms. The van der Waals surface area contributed by atoms with Crippen molar-refractivity contribution in [3.63, 3.8) is 0 Å². The third kappa shape index (κ3) is 3.92. The molecule has 0 atom stereocenters. The van der Waals surface area contributed by atoms with E-state index in [-0.39, 0.29) is 5.75 Å². The van der Waals surface area contributed by atoms with Crippen molar-refractivity contribution in [1.82, 2.24) is 14.3 Å². The van der Waals surface area contributed by atoms with E-state index in [9.17, 15) is 12.8 Å². The molecule has 22 heavy (non-hydrogen) atoms. The van der Waals surface area contributed by atoms with Crippen LogP contribution in [0.3, 0.4) is 0 Å². The fraction of sp³-hybridized carbons (Fsp3) is 0.400. The van der Waals surface area contributed by atoms with Crippen molar-refractivity contribution in [3.05, 3.63) is 53.9 Å². The highest BCUT2D eigenvalue weighted by Gasteiger charge is 2.27. The van der Waals surface area contributed by atoms with Crippen LogP contribution in [0.1, 0.15) is 30.1 Å². The summed E-state index contributed by atoms with van der Waals surface area (Å²) in [5.41, 5.74) is 0.439. The molecule has 1 heterocycles.